The number of pyridine rings is 1. The molecule has 1 aromatic carbocycles. The van der Waals surface area contributed by atoms with E-state index in [1.54, 1.807) is 35.6 Å². The summed E-state index contributed by atoms with van der Waals surface area (Å²) in [6.45, 7) is 6.76. The first kappa shape index (κ1) is 21.5. The van der Waals surface area contributed by atoms with Crippen LogP contribution >= 0.6 is 0 Å². The molecule has 1 aliphatic rings. The number of aromatic nitrogens is 2. The number of fused-ring (bicyclic) bond motifs is 1. The van der Waals surface area contributed by atoms with Crippen LogP contribution in [0.15, 0.2) is 47.6 Å². The van der Waals surface area contributed by atoms with Crippen LogP contribution in [0.2, 0.25) is 0 Å². The van der Waals surface area contributed by atoms with E-state index in [2.05, 4.69) is 4.98 Å². The molecule has 7 nitrogen and oxygen atoms in total. The fourth-order valence-corrected chi connectivity index (χ4v) is 6.00. The molecule has 1 unspecified atom stereocenters. The van der Waals surface area contributed by atoms with Gasteiger partial charge in [-0.1, -0.05) is 0 Å². The third kappa shape index (κ3) is 4.09. The lowest BCUT2D eigenvalue weighted by molar-refractivity contribution is -0.108. The van der Waals surface area contributed by atoms with E-state index >= 15 is 0 Å². The Balaban J connectivity index is 1.60. The van der Waals surface area contributed by atoms with Crippen molar-refractivity contribution in [3.05, 3.63) is 53.9 Å². The van der Waals surface area contributed by atoms with Crippen LogP contribution in [0.4, 0.5) is 0 Å². The van der Waals surface area contributed by atoms with E-state index in [4.69, 9.17) is 4.74 Å². The van der Waals surface area contributed by atoms with E-state index in [1.807, 2.05) is 36.7 Å². The maximum Gasteiger partial charge on any atom is 0.243 e. The van der Waals surface area contributed by atoms with Crippen molar-refractivity contribution in [2.45, 2.75) is 50.7 Å². The van der Waals surface area contributed by atoms with Crippen LogP contribution in [0.3, 0.4) is 0 Å². The first-order valence-corrected chi connectivity index (χ1v) is 11.9. The van der Waals surface area contributed by atoms with Crippen molar-refractivity contribution in [3.8, 4) is 5.75 Å². The van der Waals surface area contributed by atoms with Crippen LogP contribution < -0.4 is 4.74 Å². The smallest absolute Gasteiger partial charge is 0.243 e. The summed E-state index contributed by atoms with van der Waals surface area (Å²) < 4.78 is 35.8. The highest BCUT2D eigenvalue weighted by Crippen LogP contribution is 2.36. The van der Waals surface area contributed by atoms with Crippen LogP contribution in [0.25, 0.3) is 11.0 Å². The highest BCUT2D eigenvalue weighted by Gasteiger charge is 2.35. The Morgan fingerprint density at radius 2 is 2.10 bits per heavy atom. The fourth-order valence-electron chi connectivity index (χ4n) is 4.29. The maximum atomic E-state index is 13.4. The van der Waals surface area contributed by atoms with Gasteiger partial charge in [-0.3, -0.25) is 0 Å². The summed E-state index contributed by atoms with van der Waals surface area (Å²) >= 11 is 0. The van der Waals surface area contributed by atoms with Gasteiger partial charge in [0.1, 0.15) is 17.7 Å². The van der Waals surface area contributed by atoms with Crippen LogP contribution in [0.1, 0.15) is 37.3 Å². The molecule has 0 bridgehead atoms. The average molecular weight is 442 g/mol. The highest BCUT2D eigenvalue weighted by atomic mass is 32.2. The summed E-state index contributed by atoms with van der Waals surface area (Å²) in [5.74, 6) is 0.722. The van der Waals surface area contributed by atoms with Crippen molar-refractivity contribution >= 4 is 27.3 Å². The first-order chi connectivity index (χ1) is 14.8. The van der Waals surface area contributed by atoms with Gasteiger partial charge in [0.15, 0.2) is 0 Å². The number of aryl methyl sites for hydroxylation is 1. The minimum absolute atomic E-state index is 0.0250. The van der Waals surface area contributed by atoms with Crippen LogP contribution in [0, 0.1) is 6.92 Å². The normalized spacial score (nSPS) is 17.5. The van der Waals surface area contributed by atoms with Gasteiger partial charge in [0.2, 0.25) is 10.0 Å². The van der Waals surface area contributed by atoms with Gasteiger partial charge < -0.3 is 14.1 Å². The number of sulfonamides is 1. The number of nitrogens with zero attached hydrogens (tertiary/aromatic N) is 3. The Hall–Kier alpha value is -2.71. The maximum absolute atomic E-state index is 13.4. The van der Waals surface area contributed by atoms with Gasteiger partial charge in [-0.25, -0.2) is 13.4 Å². The van der Waals surface area contributed by atoms with Gasteiger partial charge in [-0.15, -0.1) is 0 Å². The predicted octanol–water partition coefficient (Wildman–Crippen LogP) is 3.51. The molecule has 164 valence electrons. The molecule has 0 radical (unpaired) electrons. The largest absolute Gasteiger partial charge is 0.491 e. The molecule has 1 saturated heterocycles. The number of ether oxygens (including phenoxy) is 1. The third-order valence-corrected chi connectivity index (χ3v) is 7.69. The van der Waals surface area contributed by atoms with Crippen LogP contribution in [-0.2, 0) is 21.4 Å². The number of hydrogen-bond acceptors (Lipinski definition) is 5. The van der Waals surface area contributed by atoms with E-state index in [9.17, 15) is 13.2 Å². The quantitative estimate of drug-likeness (QED) is 0.524. The Morgan fingerprint density at radius 3 is 2.81 bits per heavy atom. The Kier molecular flexibility index (Phi) is 5.85. The van der Waals surface area contributed by atoms with Crippen molar-refractivity contribution in [1.82, 2.24) is 13.9 Å². The summed E-state index contributed by atoms with van der Waals surface area (Å²) in [6.07, 6.45) is 5.24. The van der Waals surface area contributed by atoms with E-state index in [0.29, 0.717) is 29.3 Å². The molecule has 0 spiro atoms. The summed E-state index contributed by atoms with van der Waals surface area (Å²) in [5.41, 5.74) is 2.47. The lowest BCUT2D eigenvalue weighted by Crippen LogP contribution is -2.29. The fraction of sp³-hybridized carbons (Fsp3) is 0.391. The Bertz CT molecular complexity index is 1220. The molecule has 1 fully saturated rings. The topological polar surface area (TPSA) is 81.5 Å². The van der Waals surface area contributed by atoms with E-state index in [0.717, 1.165) is 29.3 Å². The average Bonchev–Trinajstić information content (AvgIpc) is 3.34. The molecule has 1 aliphatic heterocycles. The van der Waals surface area contributed by atoms with Gasteiger partial charge >= 0.3 is 0 Å². The summed E-state index contributed by atoms with van der Waals surface area (Å²) in [4.78, 5) is 15.8. The molecule has 0 saturated carbocycles. The number of rotatable bonds is 7. The molecule has 31 heavy (non-hydrogen) atoms. The van der Waals surface area contributed by atoms with Gasteiger partial charge in [0.05, 0.1) is 17.5 Å². The number of hydrogen-bond donors (Lipinski definition) is 0. The van der Waals surface area contributed by atoms with Gasteiger partial charge in [0, 0.05) is 36.8 Å². The van der Waals surface area contributed by atoms with Gasteiger partial charge in [-0.2, -0.15) is 4.31 Å². The molecule has 0 N–H and O–H groups in total. The van der Waals surface area contributed by atoms with Crippen molar-refractivity contribution < 1.29 is 17.9 Å². The zero-order valence-electron chi connectivity index (χ0n) is 18.0. The highest BCUT2D eigenvalue weighted by molar-refractivity contribution is 7.89. The first-order valence-electron chi connectivity index (χ1n) is 10.5. The molecule has 1 atom stereocenters. The third-order valence-electron chi connectivity index (χ3n) is 5.66. The van der Waals surface area contributed by atoms with Crippen molar-refractivity contribution in [3.63, 3.8) is 0 Å². The molecular weight excluding hydrogens is 414 g/mol. The SMILES string of the molecule is Cc1cc(OC(C)C)ccc1S(=O)(=O)N1CCC(c2cn(CC=O)c3ncccc23)C1. The molecule has 3 heterocycles. The molecular formula is C23H27N3O4S. The monoisotopic (exact) mass is 441 g/mol. The number of carbonyl (C=O) groups is 1. The second-order valence-corrected chi connectivity index (χ2v) is 10.1. The number of aldehydes is 1. The van der Waals surface area contributed by atoms with E-state index in [-0.39, 0.29) is 18.6 Å². The lowest BCUT2D eigenvalue weighted by atomic mass is 9.99. The summed E-state index contributed by atoms with van der Waals surface area (Å²) in [6, 6.07) is 8.97. The van der Waals surface area contributed by atoms with Crippen molar-refractivity contribution in [2.24, 2.45) is 0 Å². The zero-order valence-corrected chi connectivity index (χ0v) is 18.8. The molecule has 0 aliphatic carbocycles. The van der Waals surface area contributed by atoms with E-state index < -0.39 is 10.0 Å². The lowest BCUT2D eigenvalue weighted by Gasteiger charge is -2.19. The standard InChI is InChI=1S/C23H27N3O4S/c1-16(2)30-19-6-7-22(17(3)13-19)31(28,29)26-10-8-18(14-26)21-15-25(11-12-27)23-20(21)5-4-9-24-23/h4-7,9,12-13,15-16,18H,8,10-11,14H2,1-3H3. The van der Waals surface area contributed by atoms with Gasteiger partial charge in [0.25, 0.3) is 0 Å². The van der Waals surface area contributed by atoms with E-state index in [1.165, 1.54) is 0 Å². The molecule has 4 rings (SSSR count). The summed E-state index contributed by atoms with van der Waals surface area (Å²) in [7, 11) is -3.61. The second kappa shape index (κ2) is 8.43. The molecule has 8 heteroatoms. The zero-order chi connectivity index (χ0) is 22.2. The summed E-state index contributed by atoms with van der Waals surface area (Å²) in [5, 5.41) is 0.972. The van der Waals surface area contributed by atoms with Crippen LogP contribution in [0.5, 0.6) is 5.75 Å². The number of carbonyl (C=O) groups excluding carboxylic acids is 1. The molecule has 0 amide bonds. The molecule has 3 aromatic rings. The minimum Gasteiger partial charge on any atom is -0.491 e. The Labute approximate surface area is 182 Å². The van der Waals surface area contributed by atoms with Gasteiger partial charge in [-0.05, 0) is 68.7 Å². The molecule has 2 aromatic heterocycles. The van der Waals surface area contributed by atoms with Crippen molar-refractivity contribution in [1.29, 1.82) is 0 Å². The van der Waals surface area contributed by atoms with Crippen LogP contribution in [-0.4, -0.2) is 47.8 Å². The Morgan fingerprint density at radius 1 is 1.29 bits per heavy atom. The minimum atomic E-state index is -3.61. The predicted molar refractivity (Wildman–Crippen MR) is 119 cm³/mol. The van der Waals surface area contributed by atoms with Crippen molar-refractivity contribution in [2.75, 3.05) is 13.1 Å². The number of benzene rings is 1. The second-order valence-electron chi connectivity index (χ2n) is 8.22.